The van der Waals surface area contributed by atoms with Crippen molar-refractivity contribution in [3.63, 3.8) is 0 Å². The minimum atomic E-state index is -3.37. The second-order valence-electron chi connectivity index (χ2n) is 6.79. The molecule has 0 radical (unpaired) electrons. The molecule has 4 heterocycles. The molecule has 0 spiro atoms. The van der Waals surface area contributed by atoms with E-state index in [4.69, 9.17) is 0 Å². The second-order valence-corrected chi connectivity index (χ2v) is 10.2. The maximum atomic E-state index is 12.9. The fraction of sp³-hybridized carbons (Fsp3) is 0.625. The quantitative estimate of drug-likeness (QED) is 0.826. The summed E-state index contributed by atoms with van der Waals surface area (Å²) in [7, 11) is -3.37. The van der Waals surface area contributed by atoms with Crippen LogP contribution >= 0.6 is 23.7 Å². The SMILES string of the molecule is Cc1cc(S(=O)(=O)N2CCC(c3nnc4n3CCNC4)CC2)sc1C.Cl. The third-order valence-corrected chi connectivity index (χ3v) is 8.71. The van der Waals surface area contributed by atoms with Crippen molar-refractivity contribution >= 4 is 33.8 Å². The zero-order valence-corrected chi connectivity index (χ0v) is 17.4. The topological polar surface area (TPSA) is 80.1 Å². The smallest absolute Gasteiger partial charge is 0.252 e. The molecule has 1 N–H and O–H groups in total. The minimum Gasteiger partial charge on any atom is -0.312 e. The van der Waals surface area contributed by atoms with E-state index in [1.165, 1.54) is 11.3 Å². The third kappa shape index (κ3) is 3.43. The summed E-state index contributed by atoms with van der Waals surface area (Å²) in [6, 6.07) is 1.79. The van der Waals surface area contributed by atoms with Gasteiger partial charge in [0.1, 0.15) is 15.9 Å². The largest absolute Gasteiger partial charge is 0.312 e. The van der Waals surface area contributed by atoms with Crippen molar-refractivity contribution in [2.45, 2.75) is 49.9 Å². The molecule has 0 aromatic carbocycles. The van der Waals surface area contributed by atoms with E-state index in [1.807, 2.05) is 13.8 Å². The first-order valence-corrected chi connectivity index (χ1v) is 10.9. The Balaban J connectivity index is 0.00000196. The Morgan fingerprint density at radius 3 is 2.58 bits per heavy atom. The van der Waals surface area contributed by atoms with Crippen LogP contribution in [-0.4, -0.2) is 47.1 Å². The average Bonchev–Trinajstić information content (AvgIpc) is 3.19. The molecule has 2 aromatic rings. The van der Waals surface area contributed by atoms with E-state index in [-0.39, 0.29) is 18.3 Å². The minimum absolute atomic E-state index is 0. The summed E-state index contributed by atoms with van der Waals surface area (Å²) >= 11 is 1.37. The molecule has 26 heavy (non-hydrogen) atoms. The fourth-order valence-corrected chi connectivity index (χ4v) is 6.71. The number of rotatable bonds is 3. The van der Waals surface area contributed by atoms with Gasteiger partial charge in [-0.2, -0.15) is 4.31 Å². The summed E-state index contributed by atoms with van der Waals surface area (Å²) < 4.78 is 30.0. The molecule has 10 heteroatoms. The Kier molecular flexibility index (Phi) is 5.74. The molecule has 0 bridgehead atoms. The zero-order valence-electron chi connectivity index (χ0n) is 14.9. The number of nitrogens with one attached hydrogen (secondary N) is 1. The van der Waals surface area contributed by atoms with Gasteiger partial charge in [-0.1, -0.05) is 0 Å². The molecule has 2 aliphatic rings. The van der Waals surface area contributed by atoms with E-state index < -0.39 is 10.0 Å². The molecule has 0 amide bonds. The first kappa shape index (κ1) is 19.8. The molecule has 0 atom stereocenters. The normalized spacial score (nSPS) is 19.2. The van der Waals surface area contributed by atoms with Crippen molar-refractivity contribution < 1.29 is 8.42 Å². The Hall–Kier alpha value is -1.00. The van der Waals surface area contributed by atoms with E-state index in [0.717, 1.165) is 54.6 Å². The molecule has 0 unspecified atom stereocenters. The summed E-state index contributed by atoms with van der Waals surface area (Å²) in [4.78, 5) is 1.07. The van der Waals surface area contributed by atoms with Gasteiger partial charge in [-0.3, -0.25) is 0 Å². The molecule has 4 rings (SSSR count). The van der Waals surface area contributed by atoms with Gasteiger partial charge in [0.2, 0.25) is 0 Å². The number of hydrogen-bond donors (Lipinski definition) is 1. The predicted molar refractivity (Wildman–Crippen MR) is 104 cm³/mol. The van der Waals surface area contributed by atoms with E-state index in [0.29, 0.717) is 17.3 Å². The van der Waals surface area contributed by atoms with Crippen LogP contribution in [0.1, 0.15) is 40.8 Å². The van der Waals surface area contributed by atoms with Gasteiger partial charge >= 0.3 is 0 Å². The summed E-state index contributed by atoms with van der Waals surface area (Å²) in [5, 5.41) is 12.0. The zero-order chi connectivity index (χ0) is 17.6. The maximum absolute atomic E-state index is 12.9. The van der Waals surface area contributed by atoms with Crippen LogP contribution < -0.4 is 5.32 Å². The number of fused-ring (bicyclic) bond motifs is 1. The van der Waals surface area contributed by atoms with Crippen molar-refractivity contribution in [1.29, 1.82) is 0 Å². The Morgan fingerprint density at radius 2 is 1.92 bits per heavy atom. The maximum Gasteiger partial charge on any atom is 0.252 e. The van der Waals surface area contributed by atoms with Crippen LogP contribution in [0.4, 0.5) is 0 Å². The van der Waals surface area contributed by atoms with Gasteiger partial charge in [-0.05, 0) is 38.3 Å². The standard InChI is InChI=1S/C16H23N5O2S2.ClH/c1-11-9-15(24-12(11)2)25(22,23)20-6-3-13(4-7-20)16-19-18-14-10-17-5-8-21(14)16;/h9,13,17H,3-8,10H2,1-2H3;1H. The summed E-state index contributed by atoms with van der Waals surface area (Å²) in [5.41, 5.74) is 1.04. The van der Waals surface area contributed by atoms with Crippen LogP contribution in [-0.2, 0) is 23.1 Å². The van der Waals surface area contributed by atoms with Crippen LogP contribution in [0.2, 0.25) is 0 Å². The van der Waals surface area contributed by atoms with E-state index >= 15 is 0 Å². The monoisotopic (exact) mass is 417 g/mol. The molecule has 2 aromatic heterocycles. The lowest BCUT2D eigenvalue weighted by atomic mass is 9.97. The average molecular weight is 418 g/mol. The second kappa shape index (κ2) is 7.55. The predicted octanol–water partition coefficient (Wildman–Crippen LogP) is 2.05. The van der Waals surface area contributed by atoms with Gasteiger partial charge in [0.05, 0.1) is 6.54 Å². The van der Waals surface area contributed by atoms with Crippen LogP contribution in [0.25, 0.3) is 0 Å². The summed E-state index contributed by atoms with van der Waals surface area (Å²) in [6.45, 7) is 7.60. The molecule has 1 saturated heterocycles. The number of nitrogens with zero attached hydrogens (tertiary/aromatic N) is 4. The molecule has 0 saturated carbocycles. The Morgan fingerprint density at radius 1 is 1.19 bits per heavy atom. The van der Waals surface area contributed by atoms with E-state index in [9.17, 15) is 8.42 Å². The lowest BCUT2D eigenvalue weighted by Gasteiger charge is -2.31. The van der Waals surface area contributed by atoms with Crippen molar-refractivity contribution in [3.8, 4) is 0 Å². The van der Waals surface area contributed by atoms with Crippen molar-refractivity contribution in [2.75, 3.05) is 19.6 Å². The van der Waals surface area contributed by atoms with Crippen LogP contribution in [0, 0.1) is 13.8 Å². The number of aromatic nitrogens is 3. The summed E-state index contributed by atoms with van der Waals surface area (Å²) in [5.74, 6) is 2.30. The van der Waals surface area contributed by atoms with E-state index in [2.05, 4.69) is 20.1 Å². The lowest BCUT2D eigenvalue weighted by Crippen LogP contribution is -2.38. The van der Waals surface area contributed by atoms with Crippen LogP contribution in [0.15, 0.2) is 10.3 Å². The highest BCUT2D eigenvalue weighted by Crippen LogP contribution is 2.33. The first-order valence-electron chi connectivity index (χ1n) is 8.66. The highest BCUT2D eigenvalue weighted by molar-refractivity contribution is 7.91. The third-order valence-electron chi connectivity index (χ3n) is 5.21. The van der Waals surface area contributed by atoms with Crippen molar-refractivity contribution in [1.82, 2.24) is 24.4 Å². The molecule has 0 aliphatic carbocycles. The Labute approximate surface area is 164 Å². The number of sulfonamides is 1. The fourth-order valence-electron chi connectivity index (χ4n) is 3.56. The van der Waals surface area contributed by atoms with E-state index in [1.54, 1.807) is 10.4 Å². The Bertz CT molecular complexity index is 865. The number of halogens is 1. The molecule has 7 nitrogen and oxygen atoms in total. The molecular formula is C16H24ClN5O2S2. The van der Waals surface area contributed by atoms with Crippen LogP contribution in [0.5, 0.6) is 0 Å². The molecule has 144 valence electrons. The van der Waals surface area contributed by atoms with Gasteiger partial charge in [0.25, 0.3) is 10.0 Å². The highest BCUT2D eigenvalue weighted by atomic mass is 35.5. The number of aryl methyl sites for hydroxylation is 2. The highest BCUT2D eigenvalue weighted by Gasteiger charge is 2.33. The van der Waals surface area contributed by atoms with Crippen molar-refractivity contribution in [2.24, 2.45) is 0 Å². The van der Waals surface area contributed by atoms with Gasteiger partial charge in [-0.15, -0.1) is 33.9 Å². The lowest BCUT2D eigenvalue weighted by molar-refractivity contribution is 0.307. The number of thiophene rings is 1. The molecule has 1 fully saturated rings. The number of hydrogen-bond acceptors (Lipinski definition) is 6. The first-order chi connectivity index (χ1) is 12.0. The van der Waals surface area contributed by atoms with Crippen LogP contribution in [0.3, 0.4) is 0 Å². The summed E-state index contributed by atoms with van der Waals surface area (Å²) in [6.07, 6.45) is 1.60. The van der Waals surface area contributed by atoms with Gasteiger partial charge in [-0.25, -0.2) is 8.42 Å². The van der Waals surface area contributed by atoms with Gasteiger partial charge in [0, 0.05) is 37.0 Å². The molecular weight excluding hydrogens is 394 g/mol. The van der Waals surface area contributed by atoms with Gasteiger partial charge in [0.15, 0.2) is 0 Å². The molecule has 2 aliphatic heterocycles. The van der Waals surface area contributed by atoms with Crippen molar-refractivity contribution in [3.05, 3.63) is 28.2 Å². The number of piperidine rings is 1. The van der Waals surface area contributed by atoms with Gasteiger partial charge < -0.3 is 9.88 Å².